The van der Waals surface area contributed by atoms with E-state index in [-0.39, 0.29) is 29.3 Å². The zero-order valence-corrected chi connectivity index (χ0v) is 13.9. The topological polar surface area (TPSA) is 95.5 Å². The number of aliphatic hydroxyl groups is 1. The molecule has 0 aliphatic carbocycles. The molecule has 9 heteroatoms. The normalized spacial score (nSPS) is 11.3. The number of benzene rings is 2. The predicted molar refractivity (Wildman–Crippen MR) is 88.1 cm³/mol. The number of aliphatic hydroxyl groups excluding tert-OH is 1. The van der Waals surface area contributed by atoms with Crippen molar-refractivity contribution in [3.8, 4) is 0 Å². The lowest BCUT2D eigenvalue weighted by atomic mass is 10.2. The van der Waals surface area contributed by atoms with Crippen molar-refractivity contribution in [3.63, 3.8) is 0 Å². The summed E-state index contributed by atoms with van der Waals surface area (Å²) in [4.78, 5) is 11.7. The Kier molecular flexibility index (Phi) is 5.89. The summed E-state index contributed by atoms with van der Waals surface area (Å²) in [5, 5.41) is 11.4. The van der Waals surface area contributed by atoms with Crippen molar-refractivity contribution in [2.75, 3.05) is 18.5 Å². The van der Waals surface area contributed by atoms with Crippen LogP contribution in [-0.4, -0.2) is 32.6 Å². The summed E-state index contributed by atoms with van der Waals surface area (Å²) >= 11 is 5.79. The summed E-state index contributed by atoms with van der Waals surface area (Å²) in [7, 11) is -3.93. The minimum absolute atomic E-state index is 0.166. The fraction of sp³-hybridized carbons (Fsp3) is 0.133. The molecular formula is C15H14ClFN2O4S. The molecule has 3 N–H and O–H groups in total. The average molecular weight is 373 g/mol. The average Bonchev–Trinajstić information content (AvgIpc) is 2.54. The van der Waals surface area contributed by atoms with E-state index in [0.29, 0.717) is 5.02 Å². The third-order valence-electron chi connectivity index (χ3n) is 2.99. The van der Waals surface area contributed by atoms with Gasteiger partial charge in [-0.05, 0) is 36.4 Å². The molecule has 2 aromatic rings. The number of carbonyl (C=O) groups excluding carboxylic acids is 1. The lowest BCUT2D eigenvalue weighted by Gasteiger charge is -2.09. The molecule has 0 saturated carbocycles. The summed E-state index contributed by atoms with van der Waals surface area (Å²) < 4.78 is 39.9. The second kappa shape index (κ2) is 7.71. The largest absolute Gasteiger partial charge is 0.395 e. The first-order chi connectivity index (χ1) is 11.3. The van der Waals surface area contributed by atoms with Gasteiger partial charge in [-0.25, -0.2) is 17.5 Å². The molecule has 0 aliphatic heterocycles. The molecule has 0 radical (unpaired) electrons. The van der Waals surface area contributed by atoms with Gasteiger partial charge in [-0.3, -0.25) is 4.79 Å². The molecule has 0 saturated heterocycles. The van der Waals surface area contributed by atoms with Gasteiger partial charge < -0.3 is 10.4 Å². The zero-order valence-electron chi connectivity index (χ0n) is 12.3. The Bertz CT molecular complexity index is 858. The van der Waals surface area contributed by atoms with Crippen LogP contribution in [0, 0.1) is 5.82 Å². The van der Waals surface area contributed by atoms with E-state index in [0.717, 1.165) is 18.2 Å². The molecular weight excluding hydrogens is 359 g/mol. The van der Waals surface area contributed by atoms with Crippen molar-refractivity contribution >= 4 is 33.2 Å². The first-order valence-corrected chi connectivity index (χ1v) is 8.66. The van der Waals surface area contributed by atoms with Gasteiger partial charge in [0.1, 0.15) is 5.82 Å². The van der Waals surface area contributed by atoms with Gasteiger partial charge in [0.25, 0.3) is 5.91 Å². The number of hydrogen-bond donors (Lipinski definition) is 3. The van der Waals surface area contributed by atoms with Crippen LogP contribution in [0.4, 0.5) is 10.1 Å². The number of carbonyl (C=O) groups is 1. The van der Waals surface area contributed by atoms with E-state index >= 15 is 0 Å². The van der Waals surface area contributed by atoms with Gasteiger partial charge in [0.05, 0.1) is 17.2 Å². The third-order valence-corrected chi connectivity index (χ3v) is 4.68. The van der Waals surface area contributed by atoms with Crippen molar-refractivity contribution < 1.29 is 22.7 Å². The number of rotatable bonds is 6. The van der Waals surface area contributed by atoms with Crippen LogP contribution in [0.25, 0.3) is 0 Å². The van der Waals surface area contributed by atoms with Crippen LogP contribution in [0.15, 0.2) is 47.4 Å². The smallest absolute Gasteiger partial charge is 0.255 e. The van der Waals surface area contributed by atoms with Crippen molar-refractivity contribution in [1.29, 1.82) is 0 Å². The molecule has 2 rings (SSSR count). The van der Waals surface area contributed by atoms with Gasteiger partial charge in [0, 0.05) is 17.1 Å². The van der Waals surface area contributed by atoms with Gasteiger partial charge in [-0.1, -0.05) is 17.7 Å². The van der Waals surface area contributed by atoms with Crippen molar-refractivity contribution in [2.24, 2.45) is 0 Å². The van der Waals surface area contributed by atoms with Crippen LogP contribution in [0.1, 0.15) is 10.4 Å². The highest BCUT2D eigenvalue weighted by atomic mass is 35.5. The van der Waals surface area contributed by atoms with Gasteiger partial charge in [-0.2, -0.15) is 0 Å². The van der Waals surface area contributed by atoms with E-state index in [4.69, 9.17) is 16.7 Å². The molecule has 6 nitrogen and oxygen atoms in total. The zero-order chi connectivity index (χ0) is 17.7. The Morgan fingerprint density at radius 3 is 2.58 bits per heavy atom. The molecule has 0 aromatic heterocycles. The second-order valence-corrected chi connectivity index (χ2v) is 6.93. The Morgan fingerprint density at radius 2 is 1.96 bits per heavy atom. The van der Waals surface area contributed by atoms with E-state index < -0.39 is 21.7 Å². The van der Waals surface area contributed by atoms with Crippen molar-refractivity contribution in [2.45, 2.75) is 4.90 Å². The number of anilines is 1. The minimum Gasteiger partial charge on any atom is -0.395 e. The van der Waals surface area contributed by atoms with Gasteiger partial charge in [0.2, 0.25) is 10.0 Å². The van der Waals surface area contributed by atoms with E-state index in [1.807, 2.05) is 0 Å². The molecule has 0 bridgehead atoms. The van der Waals surface area contributed by atoms with Crippen LogP contribution in [0.2, 0.25) is 5.02 Å². The number of amides is 1. The highest BCUT2D eigenvalue weighted by Crippen LogP contribution is 2.20. The summed E-state index contributed by atoms with van der Waals surface area (Å²) in [6.45, 7) is -0.563. The first kappa shape index (κ1) is 18.3. The fourth-order valence-corrected chi connectivity index (χ4v) is 3.07. The Morgan fingerprint density at radius 1 is 1.21 bits per heavy atom. The third kappa shape index (κ3) is 4.51. The lowest BCUT2D eigenvalue weighted by Crippen LogP contribution is -2.26. The Labute approximate surface area is 143 Å². The van der Waals surface area contributed by atoms with Crippen molar-refractivity contribution in [1.82, 2.24) is 4.72 Å². The standard InChI is InChI=1S/C15H14ClFN2O4S/c16-11-3-1-2-10(8-11)15(21)19-14-5-4-12(9-13(14)17)24(22,23)18-6-7-20/h1-5,8-9,18,20H,6-7H2,(H,19,21). The van der Waals surface area contributed by atoms with Crippen LogP contribution in [-0.2, 0) is 10.0 Å². The van der Waals surface area contributed by atoms with E-state index in [9.17, 15) is 17.6 Å². The number of sulfonamides is 1. The molecule has 1 amide bonds. The van der Waals surface area contributed by atoms with Crippen LogP contribution in [0.5, 0.6) is 0 Å². The van der Waals surface area contributed by atoms with Gasteiger partial charge in [-0.15, -0.1) is 0 Å². The molecule has 24 heavy (non-hydrogen) atoms. The van der Waals surface area contributed by atoms with Gasteiger partial charge >= 0.3 is 0 Å². The quantitative estimate of drug-likeness (QED) is 0.722. The molecule has 0 spiro atoms. The van der Waals surface area contributed by atoms with E-state index in [1.54, 1.807) is 12.1 Å². The molecule has 0 unspecified atom stereocenters. The second-order valence-electron chi connectivity index (χ2n) is 4.73. The summed E-state index contributed by atoms with van der Waals surface area (Å²) in [6.07, 6.45) is 0. The van der Waals surface area contributed by atoms with E-state index in [2.05, 4.69) is 10.0 Å². The molecule has 128 valence electrons. The molecule has 0 fully saturated rings. The Hall–Kier alpha value is -2.00. The summed E-state index contributed by atoms with van der Waals surface area (Å²) in [6, 6.07) is 9.19. The monoisotopic (exact) mass is 372 g/mol. The number of halogens is 2. The highest BCUT2D eigenvalue weighted by molar-refractivity contribution is 7.89. The van der Waals surface area contributed by atoms with Gasteiger partial charge in [0.15, 0.2) is 0 Å². The number of hydrogen-bond acceptors (Lipinski definition) is 4. The van der Waals surface area contributed by atoms with Crippen LogP contribution in [0.3, 0.4) is 0 Å². The van der Waals surface area contributed by atoms with E-state index in [1.165, 1.54) is 12.1 Å². The molecule has 2 aromatic carbocycles. The fourth-order valence-electron chi connectivity index (χ4n) is 1.85. The summed E-state index contributed by atoms with van der Waals surface area (Å²) in [5.74, 6) is -1.48. The minimum atomic E-state index is -3.93. The highest BCUT2D eigenvalue weighted by Gasteiger charge is 2.17. The maximum Gasteiger partial charge on any atom is 0.255 e. The molecule has 0 heterocycles. The van der Waals surface area contributed by atoms with Crippen molar-refractivity contribution in [3.05, 3.63) is 58.9 Å². The van der Waals surface area contributed by atoms with Crippen LogP contribution < -0.4 is 10.0 Å². The lowest BCUT2D eigenvalue weighted by molar-refractivity contribution is 0.102. The van der Waals surface area contributed by atoms with Crippen LogP contribution >= 0.6 is 11.6 Å². The predicted octanol–water partition coefficient (Wildman–Crippen LogP) is 2.00. The number of nitrogens with one attached hydrogen (secondary N) is 2. The summed E-state index contributed by atoms with van der Waals surface area (Å²) in [5.41, 5.74) is 0.0734. The SMILES string of the molecule is O=C(Nc1ccc(S(=O)(=O)NCCO)cc1F)c1cccc(Cl)c1. The first-order valence-electron chi connectivity index (χ1n) is 6.80. The molecule has 0 aliphatic rings. The molecule has 0 atom stereocenters. The Balaban J connectivity index is 2.20. The maximum atomic E-state index is 14.1. The maximum absolute atomic E-state index is 14.1.